The van der Waals surface area contributed by atoms with E-state index in [0.717, 1.165) is 33.8 Å². The van der Waals surface area contributed by atoms with E-state index in [9.17, 15) is 21.9 Å². The number of ether oxygens (including phenoxy) is 1. The van der Waals surface area contributed by atoms with Crippen molar-refractivity contribution in [1.82, 2.24) is 14.6 Å². The zero-order chi connectivity index (χ0) is 27.6. The van der Waals surface area contributed by atoms with Crippen LogP contribution in [0.3, 0.4) is 0 Å². The number of fused-ring (bicyclic) bond motifs is 3. The van der Waals surface area contributed by atoms with Gasteiger partial charge in [-0.2, -0.15) is 4.31 Å². The summed E-state index contributed by atoms with van der Waals surface area (Å²) in [6.07, 6.45) is 1.79. The number of para-hydroxylation sites is 1. The highest BCUT2D eigenvalue weighted by Gasteiger charge is 2.29. The summed E-state index contributed by atoms with van der Waals surface area (Å²) >= 11 is 0. The van der Waals surface area contributed by atoms with Crippen molar-refractivity contribution in [2.45, 2.75) is 28.7 Å². The Morgan fingerprint density at radius 3 is 2.33 bits per heavy atom. The van der Waals surface area contributed by atoms with Crippen molar-refractivity contribution in [1.29, 1.82) is 0 Å². The van der Waals surface area contributed by atoms with Crippen molar-refractivity contribution in [3.8, 4) is 5.75 Å². The molecule has 1 aliphatic rings. The van der Waals surface area contributed by atoms with Crippen molar-refractivity contribution in [2.24, 2.45) is 5.92 Å². The molecule has 1 saturated heterocycles. The number of aliphatic hydroxyl groups excluding tert-OH is 1. The number of benzene rings is 3. The zero-order valence-electron chi connectivity index (χ0n) is 21.7. The summed E-state index contributed by atoms with van der Waals surface area (Å²) in [5.74, 6) is 1.01. The minimum absolute atomic E-state index is 0.0915. The molecule has 0 saturated carbocycles. The molecule has 1 atom stereocenters. The van der Waals surface area contributed by atoms with Crippen molar-refractivity contribution < 1.29 is 26.7 Å². The smallest absolute Gasteiger partial charge is 0.243 e. The van der Waals surface area contributed by atoms with Gasteiger partial charge in [-0.05, 0) is 67.8 Å². The second kappa shape index (κ2) is 11.3. The molecular formula is C28H33N3O6S2. The summed E-state index contributed by atoms with van der Waals surface area (Å²) in [5.41, 5.74) is 2.02. The number of H-pyrrole nitrogens is 1. The van der Waals surface area contributed by atoms with Gasteiger partial charge in [-0.15, -0.1) is 0 Å². The van der Waals surface area contributed by atoms with Crippen LogP contribution in [0.15, 0.2) is 76.5 Å². The van der Waals surface area contributed by atoms with Gasteiger partial charge >= 0.3 is 0 Å². The van der Waals surface area contributed by atoms with Gasteiger partial charge in [0.2, 0.25) is 10.0 Å². The lowest BCUT2D eigenvalue weighted by molar-refractivity contribution is 0.105. The molecule has 0 bridgehead atoms. The van der Waals surface area contributed by atoms with Crippen LogP contribution >= 0.6 is 0 Å². The number of aromatic amines is 1. The standard InChI is InChI=1S/C28H33N3O6S2/c1-38(33,34)22-9-11-23(12-10-22)39(35,36)31-15-13-20(14-16-31)17-29-18-21(32)19-37-27-8-4-7-26-28(27)24-5-2-3-6-25(24)30-26/h2-12,20-21,29-30,32H,13-19H2,1H3/t21-/m0/s1. The van der Waals surface area contributed by atoms with Gasteiger partial charge in [0.15, 0.2) is 9.84 Å². The first kappa shape index (κ1) is 27.6. The van der Waals surface area contributed by atoms with E-state index in [0.29, 0.717) is 39.0 Å². The van der Waals surface area contributed by atoms with E-state index < -0.39 is 26.0 Å². The average molecular weight is 572 g/mol. The SMILES string of the molecule is CS(=O)(=O)c1ccc(S(=O)(=O)N2CCC(CNC[C@H](O)COc3cccc4[nH]c5ccccc5c34)CC2)cc1. The van der Waals surface area contributed by atoms with Gasteiger partial charge in [-0.25, -0.2) is 16.8 Å². The van der Waals surface area contributed by atoms with Gasteiger partial charge in [0, 0.05) is 42.2 Å². The van der Waals surface area contributed by atoms with Crippen molar-refractivity contribution in [2.75, 3.05) is 39.0 Å². The van der Waals surface area contributed by atoms with Gasteiger partial charge in [0.1, 0.15) is 18.5 Å². The van der Waals surface area contributed by atoms with Crippen molar-refractivity contribution >= 4 is 41.7 Å². The summed E-state index contributed by atoms with van der Waals surface area (Å²) in [4.78, 5) is 3.57. The Morgan fingerprint density at radius 2 is 1.62 bits per heavy atom. The molecular weight excluding hydrogens is 538 g/mol. The Bertz CT molecular complexity index is 1660. The predicted molar refractivity (Wildman–Crippen MR) is 151 cm³/mol. The van der Waals surface area contributed by atoms with Crippen LogP contribution in [0.1, 0.15) is 12.8 Å². The molecule has 0 spiro atoms. The molecule has 39 heavy (non-hydrogen) atoms. The summed E-state index contributed by atoms with van der Waals surface area (Å²) in [6.45, 7) is 1.98. The van der Waals surface area contributed by atoms with E-state index >= 15 is 0 Å². The highest BCUT2D eigenvalue weighted by molar-refractivity contribution is 7.90. The normalized spacial score (nSPS) is 16.6. The third-order valence-electron chi connectivity index (χ3n) is 7.20. The zero-order valence-corrected chi connectivity index (χ0v) is 23.3. The second-order valence-electron chi connectivity index (χ2n) is 10.1. The lowest BCUT2D eigenvalue weighted by Gasteiger charge is -2.31. The highest BCUT2D eigenvalue weighted by atomic mass is 32.2. The molecule has 1 fully saturated rings. The summed E-state index contributed by atoms with van der Waals surface area (Å²) in [7, 11) is -7.07. The summed E-state index contributed by atoms with van der Waals surface area (Å²) < 4.78 is 56.7. The molecule has 0 aliphatic carbocycles. The highest BCUT2D eigenvalue weighted by Crippen LogP contribution is 2.33. The molecule has 0 radical (unpaired) electrons. The van der Waals surface area contributed by atoms with Crippen LogP contribution < -0.4 is 10.1 Å². The summed E-state index contributed by atoms with van der Waals surface area (Å²) in [5, 5.41) is 15.9. The van der Waals surface area contributed by atoms with Crippen LogP contribution in [0.4, 0.5) is 0 Å². The van der Waals surface area contributed by atoms with Crippen LogP contribution in [0, 0.1) is 5.92 Å². The van der Waals surface area contributed by atoms with Gasteiger partial charge in [0.25, 0.3) is 0 Å². The molecule has 1 aromatic heterocycles. The van der Waals surface area contributed by atoms with E-state index in [1.54, 1.807) is 0 Å². The maximum Gasteiger partial charge on any atom is 0.243 e. The number of sulfonamides is 1. The number of hydrogen-bond acceptors (Lipinski definition) is 7. The van der Waals surface area contributed by atoms with Crippen molar-refractivity contribution in [3.63, 3.8) is 0 Å². The molecule has 5 rings (SSSR count). The first-order valence-corrected chi connectivity index (χ1v) is 16.3. The van der Waals surface area contributed by atoms with Crippen LogP contribution in [0.5, 0.6) is 5.75 Å². The fourth-order valence-electron chi connectivity index (χ4n) is 5.05. The Balaban J connectivity index is 1.08. The first-order chi connectivity index (χ1) is 18.6. The number of piperidine rings is 1. The minimum atomic E-state index is -3.68. The van der Waals surface area contributed by atoms with Crippen LogP contribution in [0.25, 0.3) is 21.8 Å². The third kappa shape index (κ3) is 6.12. The van der Waals surface area contributed by atoms with Gasteiger partial charge in [0.05, 0.1) is 15.3 Å². The number of nitrogens with one attached hydrogen (secondary N) is 2. The Labute approximate surface area is 228 Å². The largest absolute Gasteiger partial charge is 0.490 e. The third-order valence-corrected chi connectivity index (χ3v) is 10.2. The fourth-order valence-corrected chi connectivity index (χ4v) is 7.15. The monoisotopic (exact) mass is 571 g/mol. The average Bonchev–Trinajstić information content (AvgIpc) is 3.31. The van der Waals surface area contributed by atoms with Crippen LogP contribution in [-0.4, -0.2) is 76.4 Å². The van der Waals surface area contributed by atoms with Gasteiger partial charge in [-0.3, -0.25) is 0 Å². The number of nitrogens with zero attached hydrogens (tertiary/aromatic N) is 1. The molecule has 11 heteroatoms. The maximum atomic E-state index is 13.0. The molecule has 4 aromatic rings. The van der Waals surface area contributed by atoms with Crippen LogP contribution in [-0.2, 0) is 19.9 Å². The first-order valence-electron chi connectivity index (χ1n) is 12.9. The van der Waals surface area contributed by atoms with Gasteiger partial charge < -0.3 is 20.1 Å². The van der Waals surface area contributed by atoms with Gasteiger partial charge in [-0.1, -0.05) is 24.3 Å². The Kier molecular flexibility index (Phi) is 7.97. The number of aliphatic hydroxyl groups is 1. The van der Waals surface area contributed by atoms with E-state index in [-0.39, 0.29) is 22.3 Å². The predicted octanol–water partition coefficient (Wildman–Crippen LogP) is 3.15. The number of sulfone groups is 1. The second-order valence-corrected chi connectivity index (χ2v) is 14.0. The number of rotatable bonds is 10. The molecule has 9 nitrogen and oxygen atoms in total. The molecule has 208 valence electrons. The molecule has 1 aliphatic heterocycles. The molecule has 0 amide bonds. The molecule has 0 unspecified atom stereocenters. The maximum absolute atomic E-state index is 13.0. The topological polar surface area (TPSA) is 129 Å². The van der Waals surface area contributed by atoms with E-state index in [4.69, 9.17) is 4.74 Å². The Hall–Kier alpha value is -2.96. The number of hydrogen-bond donors (Lipinski definition) is 3. The lowest BCUT2D eigenvalue weighted by atomic mass is 9.98. The van der Waals surface area contributed by atoms with E-state index in [2.05, 4.69) is 10.3 Å². The molecule has 2 heterocycles. The number of aromatic nitrogens is 1. The summed E-state index contributed by atoms with van der Waals surface area (Å²) in [6, 6.07) is 19.2. The van der Waals surface area contributed by atoms with E-state index in [1.165, 1.54) is 28.6 Å². The lowest BCUT2D eigenvalue weighted by Crippen LogP contribution is -2.42. The molecule has 3 aromatic carbocycles. The van der Waals surface area contributed by atoms with E-state index in [1.807, 2.05) is 42.5 Å². The van der Waals surface area contributed by atoms with Crippen LogP contribution in [0.2, 0.25) is 0 Å². The quantitative estimate of drug-likeness (QED) is 0.267. The van der Waals surface area contributed by atoms with Crippen molar-refractivity contribution in [3.05, 3.63) is 66.7 Å². The molecule has 3 N–H and O–H groups in total. The minimum Gasteiger partial charge on any atom is -0.490 e. The fraction of sp³-hybridized carbons (Fsp3) is 0.357. The Morgan fingerprint density at radius 1 is 0.949 bits per heavy atom.